The van der Waals surface area contributed by atoms with Gasteiger partial charge in [0.2, 0.25) is 5.91 Å². The molecule has 1 fully saturated rings. The molecule has 3 rings (SSSR count). The van der Waals surface area contributed by atoms with E-state index in [0.29, 0.717) is 11.3 Å². The summed E-state index contributed by atoms with van der Waals surface area (Å²) < 4.78 is 0. The number of para-hydroxylation sites is 1. The highest BCUT2D eigenvalue weighted by molar-refractivity contribution is 5.93. The van der Waals surface area contributed by atoms with Gasteiger partial charge in [-0.15, -0.1) is 12.4 Å². The molecular formula is C21H26ClN3O3. The molecule has 1 aliphatic rings. The molecule has 1 saturated heterocycles. The van der Waals surface area contributed by atoms with Gasteiger partial charge < -0.3 is 4.90 Å². The van der Waals surface area contributed by atoms with Crippen LogP contribution in [0, 0.1) is 10.1 Å². The first-order chi connectivity index (χ1) is 12.9. The van der Waals surface area contributed by atoms with E-state index < -0.39 is 0 Å². The molecule has 150 valence electrons. The first-order valence-electron chi connectivity index (χ1n) is 9.24. The Kier molecular flexibility index (Phi) is 7.16. The van der Waals surface area contributed by atoms with Crippen molar-refractivity contribution >= 4 is 29.7 Å². The molecule has 0 aromatic heterocycles. The average Bonchev–Trinajstić information content (AvgIpc) is 3.16. The summed E-state index contributed by atoms with van der Waals surface area (Å²) in [4.78, 5) is 27.0. The van der Waals surface area contributed by atoms with E-state index in [1.165, 1.54) is 17.4 Å². The van der Waals surface area contributed by atoms with E-state index in [9.17, 15) is 14.9 Å². The van der Waals surface area contributed by atoms with Crippen LogP contribution in [0.25, 0.3) is 0 Å². The van der Waals surface area contributed by atoms with Crippen molar-refractivity contribution < 1.29 is 9.72 Å². The Morgan fingerprint density at radius 2 is 1.89 bits per heavy atom. The molecule has 0 N–H and O–H groups in total. The van der Waals surface area contributed by atoms with E-state index in [1.807, 2.05) is 25.1 Å². The van der Waals surface area contributed by atoms with E-state index >= 15 is 0 Å². The van der Waals surface area contributed by atoms with Gasteiger partial charge in [-0.2, -0.15) is 0 Å². The Balaban J connectivity index is 0.00000280. The summed E-state index contributed by atoms with van der Waals surface area (Å²) in [6.07, 6.45) is 2.10. The number of likely N-dealkylation sites (tertiary alicyclic amines) is 1. The molecule has 0 bridgehead atoms. The minimum Gasteiger partial charge on any atom is -0.310 e. The third kappa shape index (κ3) is 4.18. The van der Waals surface area contributed by atoms with Gasteiger partial charge in [0.25, 0.3) is 5.69 Å². The number of benzene rings is 2. The van der Waals surface area contributed by atoms with Crippen LogP contribution in [0.15, 0.2) is 48.5 Å². The van der Waals surface area contributed by atoms with Crippen molar-refractivity contribution in [1.82, 2.24) is 4.90 Å². The predicted molar refractivity (Wildman–Crippen MR) is 113 cm³/mol. The monoisotopic (exact) mass is 403 g/mol. The molecule has 2 aromatic carbocycles. The Bertz CT molecular complexity index is 844. The zero-order valence-corrected chi connectivity index (χ0v) is 17.2. The van der Waals surface area contributed by atoms with E-state index in [0.717, 1.165) is 19.4 Å². The molecule has 0 radical (unpaired) electrons. The fourth-order valence-electron chi connectivity index (χ4n) is 3.99. The number of halogens is 1. The van der Waals surface area contributed by atoms with Crippen molar-refractivity contribution in [2.75, 3.05) is 18.5 Å². The van der Waals surface area contributed by atoms with Gasteiger partial charge >= 0.3 is 0 Å². The maximum absolute atomic E-state index is 11.9. The summed E-state index contributed by atoms with van der Waals surface area (Å²) in [5.74, 6) is -0.230. The molecule has 7 heteroatoms. The number of carbonyl (C=O) groups is 1. The largest absolute Gasteiger partial charge is 0.310 e. The van der Waals surface area contributed by atoms with Crippen LogP contribution in [0.4, 0.5) is 11.4 Å². The molecule has 6 nitrogen and oxygen atoms in total. The second-order valence-electron chi connectivity index (χ2n) is 7.03. The van der Waals surface area contributed by atoms with Crippen LogP contribution in [-0.2, 0) is 4.79 Å². The molecule has 2 aromatic rings. The highest BCUT2D eigenvalue weighted by Crippen LogP contribution is 2.43. The zero-order valence-electron chi connectivity index (χ0n) is 16.4. The smallest absolute Gasteiger partial charge is 0.297 e. The Hall–Kier alpha value is -2.44. The summed E-state index contributed by atoms with van der Waals surface area (Å²) in [6, 6.07) is 15.6. The van der Waals surface area contributed by atoms with Crippen molar-refractivity contribution in [2.24, 2.45) is 0 Å². The number of nitro groups is 1. The lowest BCUT2D eigenvalue weighted by Gasteiger charge is -2.31. The number of anilines is 1. The minimum atomic E-state index is -0.367. The quantitative estimate of drug-likeness (QED) is 0.526. The van der Waals surface area contributed by atoms with E-state index in [2.05, 4.69) is 17.0 Å². The number of rotatable bonds is 5. The molecule has 0 aliphatic carbocycles. The number of nitro benzene ring substituents is 1. The highest BCUT2D eigenvalue weighted by Gasteiger charge is 2.34. The number of nitrogens with zero attached hydrogens (tertiary/aromatic N) is 3. The number of hydrogen-bond donors (Lipinski definition) is 0. The van der Waals surface area contributed by atoms with Gasteiger partial charge in [-0.05, 0) is 37.9 Å². The second-order valence-corrected chi connectivity index (χ2v) is 7.03. The van der Waals surface area contributed by atoms with Gasteiger partial charge in [-0.3, -0.25) is 19.8 Å². The first kappa shape index (κ1) is 21.9. The highest BCUT2D eigenvalue weighted by atomic mass is 35.5. The lowest BCUT2D eigenvalue weighted by atomic mass is 9.99. The SMILES string of the molecule is CC(=O)N(C)c1cccc([C@H](C)N2CCC[C@H]2c2ccccc2)c1[N+](=O)[O-].Cl. The Morgan fingerprint density at radius 1 is 1.21 bits per heavy atom. The van der Waals surface area contributed by atoms with Crippen molar-refractivity contribution in [3.63, 3.8) is 0 Å². The first-order valence-corrected chi connectivity index (χ1v) is 9.24. The standard InChI is InChI=1S/C21H25N3O3.ClH/c1-15(23-14-8-13-19(23)17-9-5-4-6-10-17)18-11-7-12-20(21(18)24(26)27)22(3)16(2)25;/h4-7,9-12,15,19H,8,13-14H2,1-3H3;1H/t15-,19-;/m0./s1. The van der Waals surface area contributed by atoms with Crippen LogP contribution in [0.2, 0.25) is 0 Å². The van der Waals surface area contributed by atoms with Crippen molar-refractivity contribution in [1.29, 1.82) is 0 Å². The van der Waals surface area contributed by atoms with Crippen LogP contribution >= 0.6 is 12.4 Å². The molecular weight excluding hydrogens is 378 g/mol. The third-order valence-electron chi connectivity index (χ3n) is 5.49. The molecule has 0 spiro atoms. The van der Waals surface area contributed by atoms with Crippen molar-refractivity contribution in [3.8, 4) is 0 Å². The van der Waals surface area contributed by atoms with Gasteiger partial charge in [-0.25, -0.2) is 0 Å². The molecule has 2 atom stereocenters. The normalized spacial score (nSPS) is 17.6. The van der Waals surface area contributed by atoms with Gasteiger partial charge in [0.05, 0.1) is 4.92 Å². The maximum atomic E-state index is 11.9. The Morgan fingerprint density at radius 3 is 2.50 bits per heavy atom. The number of carbonyl (C=O) groups excluding carboxylic acids is 1. The van der Waals surface area contributed by atoms with E-state index in [-0.39, 0.29) is 41.0 Å². The van der Waals surface area contributed by atoms with E-state index in [1.54, 1.807) is 25.2 Å². The second kappa shape index (κ2) is 9.17. The summed E-state index contributed by atoms with van der Waals surface area (Å²) in [5, 5.41) is 11.9. The van der Waals surface area contributed by atoms with Gasteiger partial charge in [-0.1, -0.05) is 42.5 Å². The van der Waals surface area contributed by atoms with Crippen LogP contribution in [0.5, 0.6) is 0 Å². The number of hydrogen-bond acceptors (Lipinski definition) is 4. The summed E-state index contributed by atoms with van der Waals surface area (Å²) in [5.41, 5.74) is 2.24. The zero-order chi connectivity index (χ0) is 19.6. The molecule has 0 saturated carbocycles. The Labute approximate surface area is 171 Å². The van der Waals surface area contributed by atoms with Crippen LogP contribution < -0.4 is 4.90 Å². The molecule has 1 amide bonds. The number of amides is 1. The average molecular weight is 404 g/mol. The summed E-state index contributed by atoms with van der Waals surface area (Å²) in [6.45, 7) is 4.32. The maximum Gasteiger partial charge on any atom is 0.297 e. The summed E-state index contributed by atoms with van der Waals surface area (Å²) in [7, 11) is 1.57. The van der Waals surface area contributed by atoms with Gasteiger partial charge in [0.15, 0.2) is 0 Å². The molecule has 1 heterocycles. The lowest BCUT2D eigenvalue weighted by molar-refractivity contribution is -0.385. The van der Waals surface area contributed by atoms with Gasteiger partial charge in [0, 0.05) is 31.6 Å². The fraction of sp³-hybridized carbons (Fsp3) is 0.381. The fourth-order valence-corrected chi connectivity index (χ4v) is 3.99. The van der Waals surface area contributed by atoms with E-state index in [4.69, 9.17) is 0 Å². The molecule has 0 unspecified atom stereocenters. The molecule has 1 aliphatic heterocycles. The van der Waals surface area contributed by atoms with Crippen molar-refractivity contribution in [3.05, 3.63) is 69.8 Å². The van der Waals surface area contributed by atoms with Gasteiger partial charge in [0.1, 0.15) is 5.69 Å². The third-order valence-corrected chi connectivity index (χ3v) is 5.49. The molecule has 28 heavy (non-hydrogen) atoms. The van der Waals surface area contributed by atoms with Crippen LogP contribution in [-0.4, -0.2) is 29.3 Å². The van der Waals surface area contributed by atoms with Crippen LogP contribution in [0.3, 0.4) is 0 Å². The van der Waals surface area contributed by atoms with Crippen LogP contribution in [0.1, 0.15) is 49.9 Å². The minimum absolute atomic E-state index is 0. The predicted octanol–water partition coefficient (Wildman–Crippen LogP) is 4.90. The lowest BCUT2D eigenvalue weighted by Crippen LogP contribution is -2.28. The van der Waals surface area contributed by atoms with Crippen molar-refractivity contribution in [2.45, 2.75) is 38.8 Å². The summed E-state index contributed by atoms with van der Waals surface area (Å²) >= 11 is 0. The topological polar surface area (TPSA) is 66.7 Å².